The summed E-state index contributed by atoms with van der Waals surface area (Å²) in [5.41, 5.74) is -0.280. The van der Waals surface area contributed by atoms with Gasteiger partial charge in [0.2, 0.25) is 5.78 Å². The molecule has 0 saturated carbocycles. The van der Waals surface area contributed by atoms with Crippen molar-refractivity contribution in [2.75, 3.05) is 0 Å². The van der Waals surface area contributed by atoms with Gasteiger partial charge in [-0.2, -0.15) is 8.78 Å². The maximum absolute atomic E-state index is 14.0. The van der Waals surface area contributed by atoms with E-state index in [4.69, 9.17) is 11.6 Å². The summed E-state index contributed by atoms with van der Waals surface area (Å²) < 4.78 is 28.0. The largest absolute Gasteiger partial charge is 0.334 e. The first kappa shape index (κ1) is 13.0. The molecule has 0 fully saturated rings. The first-order valence-electron chi connectivity index (χ1n) is 5.52. The molecule has 1 aliphatic rings. The zero-order chi connectivity index (χ0) is 13.2. The molecule has 0 heterocycles. The predicted molar refractivity (Wildman–Crippen MR) is 67.2 cm³/mol. The Bertz CT molecular complexity index is 506. The number of hydrogen-bond donors (Lipinski definition) is 0. The Hall–Kier alpha value is -1.48. The number of halogens is 3. The number of hydrogen-bond acceptors (Lipinski definition) is 1. The number of alkyl halides is 3. The van der Waals surface area contributed by atoms with Gasteiger partial charge in [-0.05, 0) is 6.42 Å². The third kappa shape index (κ3) is 2.51. The van der Waals surface area contributed by atoms with Crippen molar-refractivity contribution in [3.63, 3.8) is 0 Å². The van der Waals surface area contributed by atoms with E-state index in [-0.39, 0.29) is 16.5 Å². The fraction of sp³-hybridized carbons (Fsp3) is 0.214. The molecule has 0 amide bonds. The van der Waals surface area contributed by atoms with E-state index in [1.54, 1.807) is 18.2 Å². The summed E-state index contributed by atoms with van der Waals surface area (Å²) in [5.74, 6) is -4.69. The van der Waals surface area contributed by atoms with Crippen LogP contribution in [-0.2, 0) is 0 Å². The number of rotatable bonds is 3. The lowest BCUT2D eigenvalue weighted by molar-refractivity contribution is 0.0336. The average Bonchev–Trinajstić information content (AvgIpc) is 2.39. The number of Topliss-reactive ketones (excluding diaryl/α,β-unsaturated/α-hetero) is 1. The van der Waals surface area contributed by atoms with Gasteiger partial charge < -0.3 is 0 Å². The van der Waals surface area contributed by atoms with E-state index in [1.807, 2.05) is 0 Å². The maximum Gasteiger partial charge on any atom is 0.334 e. The van der Waals surface area contributed by atoms with Crippen LogP contribution in [0, 0.1) is 0 Å². The van der Waals surface area contributed by atoms with Crippen LogP contribution in [0.1, 0.15) is 16.8 Å². The minimum atomic E-state index is -3.51. The second kappa shape index (κ2) is 5.02. The summed E-state index contributed by atoms with van der Waals surface area (Å²) in [6.45, 7) is 0. The molecule has 94 valence electrons. The van der Waals surface area contributed by atoms with Gasteiger partial charge >= 0.3 is 5.92 Å². The average molecular weight is 269 g/mol. The molecule has 1 unspecified atom stereocenters. The summed E-state index contributed by atoms with van der Waals surface area (Å²) in [6.07, 6.45) is 4.33. The molecule has 4 heteroatoms. The van der Waals surface area contributed by atoms with Crippen molar-refractivity contribution in [3.8, 4) is 0 Å². The zero-order valence-corrected chi connectivity index (χ0v) is 10.2. The van der Waals surface area contributed by atoms with Crippen LogP contribution in [0.4, 0.5) is 8.78 Å². The molecular weight excluding hydrogens is 258 g/mol. The fourth-order valence-corrected chi connectivity index (χ4v) is 1.89. The van der Waals surface area contributed by atoms with Crippen LogP contribution in [0.2, 0.25) is 0 Å². The molecule has 0 aromatic heterocycles. The first-order chi connectivity index (χ1) is 8.51. The Morgan fingerprint density at radius 3 is 2.50 bits per heavy atom. The molecular formula is C14H11ClF2O. The van der Waals surface area contributed by atoms with E-state index in [9.17, 15) is 13.6 Å². The van der Waals surface area contributed by atoms with Crippen molar-refractivity contribution >= 4 is 17.4 Å². The summed E-state index contributed by atoms with van der Waals surface area (Å²) in [6, 6.07) is 7.56. The van der Waals surface area contributed by atoms with Gasteiger partial charge in [0.15, 0.2) is 0 Å². The molecule has 0 saturated heterocycles. The molecule has 0 spiro atoms. The van der Waals surface area contributed by atoms with Gasteiger partial charge in [0.1, 0.15) is 0 Å². The second-order valence-electron chi connectivity index (χ2n) is 4.04. The molecule has 1 aromatic carbocycles. The molecule has 0 N–H and O–H groups in total. The van der Waals surface area contributed by atoms with Crippen molar-refractivity contribution in [2.45, 2.75) is 17.7 Å². The SMILES string of the molecule is O=C(c1ccccc1)C(F)(F)C1=CCC(Cl)C=C1. The maximum atomic E-state index is 14.0. The number of benzene rings is 1. The van der Waals surface area contributed by atoms with E-state index in [0.29, 0.717) is 6.42 Å². The van der Waals surface area contributed by atoms with Crippen molar-refractivity contribution in [3.05, 3.63) is 59.7 Å². The standard InChI is InChI=1S/C14H11ClF2O/c15-12-8-6-11(7-9-12)14(16,17)13(18)10-4-2-1-3-5-10/h1-8,12H,9H2. The highest BCUT2D eigenvalue weighted by Crippen LogP contribution is 2.32. The van der Waals surface area contributed by atoms with Crippen LogP contribution in [0.3, 0.4) is 0 Å². The molecule has 0 radical (unpaired) electrons. The van der Waals surface area contributed by atoms with Gasteiger partial charge in [0.05, 0.1) is 5.38 Å². The van der Waals surface area contributed by atoms with Crippen molar-refractivity contribution in [1.29, 1.82) is 0 Å². The van der Waals surface area contributed by atoms with Gasteiger partial charge in [-0.25, -0.2) is 0 Å². The predicted octanol–water partition coefficient (Wildman–Crippen LogP) is 4.00. The molecule has 18 heavy (non-hydrogen) atoms. The molecule has 1 nitrogen and oxygen atoms in total. The third-order valence-corrected chi connectivity index (χ3v) is 3.05. The van der Waals surface area contributed by atoms with E-state index in [1.165, 1.54) is 30.4 Å². The monoisotopic (exact) mass is 268 g/mol. The fourth-order valence-electron chi connectivity index (χ4n) is 1.73. The van der Waals surface area contributed by atoms with E-state index in [0.717, 1.165) is 0 Å². The summed E-state index contributed by atoms with van der Waals surface area (Å²) in [4.78, 5) is 11.8. The summed E-state index contributed by atoms with van der Waals surface area (Å²) >= 11 is 5.77. The third-order valence-electron chi connectivity index (χ3n) is 2.73. The number of carbonyl (C=O) groups excluding carboxylic acids is 1. The number of ketones is 1. The number of carbonyl (C=O) groups is 1. The highest BCUT2D eigenvalue weighted by atomic mass is 35.5. The second-order valence-corrected chi connectivity index (χ2v) is 4.60. The molecule has 1 atom stereocenters. The lowest BCUT2D eigenvalue weighted by Gasteiger charge is -2.19. The van der Waals surface area contributed by atoms with Crippen LogP contribution < -0.4 is 0 Å². The van der Waals surface area contributed by atoms with E-state index < -0.39 is 11.7 Å². The molecule has 1 aliphatic carbocycles. The zero-order valence-electron chi connectivity index (χ0n) is 9.45. The van der Waals surface area contributed by atoms with Gasteiger partial charge in [0.25, 0.3) is 0 Å². The lowest BCUT2D eigenvalue weighted by Crippen LogP contribution is -2.31. The normalized spacial score (nSPS) is 19.5. The van der Waals surface area contributed by atoms with Crippen molar-refractivity contribution in [1.82, 2.24) is 0 Å². The van der Waals surface area contributed by atoms with Crippen LogP contribution in [0.25, 0.3) is 0 Å². The van der Waals surface area contributed by atoms with E-state index >= 15 is 0 Å². The van der Waals surface area contributed by atoms with Crippen molar-refractivity contribution in [2.24, 2.45) is 0 Å². The molecule has 2 rings (SSSR count). The Morgan fingerprint density at radius 1 is 1.28 bits per heavy atom. The number of allylic oxidation sites excluding steroid dienone is 4. The van der Waals surface area contributed by atoms with Crippen LogP contribution >= 0.6 is 11.6 Å². The van der Waals surface area contributed by atoms with Crippen LogP contribution in [0.5, 0.6) is 0 Å². The van der Waals surface area contributed by atoms with Crippen LogP contribution in [0.15, 0.2) is 54.1 Å². The van der Waals surface area contributed by atoms with Gasteiger partial charge in [0, 0.05) is 11.1 Å². The minimum Gasteiger partial charge on any atom is -0.287 e. The Kier molecular flexibility index (Phi) is 3.62. The smallest absolute Gasteiger partial charge is 0.287 e. The van der Waals surface area contributed by atoms with Gasteiger partial charge in [-0.1, -0.05) is 48.6 Å². The molecule has 1 aromatic rings. The molecule has 0 bridgehead atoms. The quantitative estimate of drug-likeness (QED) is 0.598. The first-order valence-corrected chi connectivity index (χ1v) is 5.96. The Labute approximate surface area is 109 Å². The lowest BCUT2D eigenvalue weighted by atomic mass is 9.95. The highest BCUT2D eigenvalue weighted by molar-refractivity contribution is 6.22. The summed E-state index contributed by atoms with van der Waals surface area (Å²) in [7, 11) is 0. The Balaban J connectivity index is 2.27. The van der Waals surface area contributed by atoms with Crippen LogP contribution in [-0.4, -0.2) is 17.1 Å². The summed E-state index contributed by atoms with van der Waals surface area (Å²) in [5, 5.41) is -0.281. The van der Waals surface area contributed by atoms with Gasteiger partial charge in [-0.3, -0.25) is 4.79 Å². The molecule has 0 aliphatic heterocycles. The minimum absolute atomic E-state index is 0.00444. The van der Waals surface area contributed by atoms with Crippen molar-refractivity contribution < 1.29 is 13.6 Å². The van der Waals surface area contributed by atoms with E-state index in [2.05, 4.69) is 0 Å². The Morgan fingerprint density at radius 2 is 1.94 bits per heavy atom. The van der Waals surface area contributed by atoms with Gasteiger partial charge in [-0.15, -0.1) is 11.6 Å². The highest BCUT2D eigenvalue weighted by Gasteiger charge is 2.42. The topological polar surface area (TPSA) is 17.1 Å².